The van der Waals surface area contributed by atoms with E-state index in [0.29, 0.717) is 24.9 Å². The maximum absolute atomic E-state index is 14.5. The van der Waals surface area contributed by atoms with Gasteiger partial charge in [0.25, 0.3) is 0 Å². The number of nitrogens with one attached hydrogen (secondary N) is 2. The smallest absolute Gasteiger partial charge is 0.247 e. The first-order valence-corrected chi connectivity index (χ1v) is 15.1. The lowest BCUT2D eigenvalue weighted by atomic mass is 9.62. The Hall–Kier alpha value is -3.83. The predicted molar refractivity (Wildman–Crippen MR) is 158 cm³/mol. The van der Waals surface area contributed by atoms with Crippen LogP contribution in [0.4, 0.5) is 0 Å². The van der Waals surface area contributed by atoms with E-state index in [2.05, 4.69) is 20.9 Å². The van der Waals surface area contributed by atoms with Crippen LogP contribution in [0.3, 0.4) is 0 Å². The molecule has 3 N–H and O–H groups in total. The number of fused-ring (bicyclic) bond motifs is 2. The van der Waals surface area contributed by atoms with Gasteiger partial charge in [0.15, 0.2) is 0 Å². The number of carbonyl (C=O) groups is 3. The first-order chi connectivity index (χ1) is 20.6. The van der Waals surface area contributed by atoms with Gasteiger partial charge in [-0.3, -0.25) is 14.4 Å². The Morgan fingerprint density at radius 3 is 2.53 bits per heavy atom. The van der Waals surface area contributed by atoms with Gasteiger partial charge in [0, 0.05) is 6.54 Å². The molecule has 3 unspecified atom stereocenters. The molecule has 0 aliphatic carbocycles. The second-order valence-corrected chi connectivity index (χ2v) is 12.9. The maximum atomic E-state index is 14.5. The van der Waals surface area contributed by atoms with E-state index in [1.165, 1.54) is 4.90 Å². The number of ether oxygens (including phenoxy) is 1. The van der Waals surface area contributed by atoms with Crippen molar-refractivity contribution in [3.05, 3.63) is 60.2 Å². The Balaban J connectivity index is 1.34. The molecule has 0 radical (unpaired) electrons. The summed E-state index contributed by atoms with van der Waals surface area (Å²) < 4.78 is 8.41. The predicted octanol–water partition coefficient (Wildman–Crippen LogP) is 2.24. The van der Waals surface area contributed by atoms with Crippen LogP contribution in [-0.2, 0) is 32.3 Å². The monoisotopic (exact) mass is 588 g/mol. The molecule has 3 aliphatic heterocycles. The van der Waals surface area contributed by atoms with Gasteiger partial charge in [0.05, 0.1) is 35.6 Å². The minimum Gasteiger partial charge on any atom is -0.394 e. The molecule has 4 heterocycles. The Morgan fingerprint density at radius 1 is 1.09 bits per heavy atom. The van der Waals surface area contributed by atoms with Crippen molar-refractivity contribution in [1.29, 1.82) is 0 Å². The van der Waals surface area contributed by atoms with Crippen LogP contribution in [0.25, 0.3) is 11.0 Å². The lowest BCUT2D eigenvalue weighted by Crippen LogP contribution is -2.58. The van der Waals surface area contributed by atoms with Crippen molar-refractivity contribution in [2.75, 3.05) is 6.61 Å². The molecule has 3 aliphatic rings. The molecular formula is C32H40N6O5. The highest BCUT2D eigenvalue weighted by Crippen LogP contribution is 2.65. The van der Waals surface area contributed by atoms with Crippen LogP contribution in [-0.4, -0.2) is 72.6 Å². The summed E-state index contributed by atoms with van der Waals surface area (Å²) in [7, 11) is 0. The summed E-state index contributed by atoms with van der Waals surface area (Å²) in [4.78, 5) is 44.1. The number of carbonyl (C=O) groups excluding carboxylic acids is 3. The molecule has 43 heavy (non-hydrogen) atoms. The van der Waals surface area contributed by atoms with Gasteiger partial charge in [0.2, 0.25) is 17.7 Å². The number of para-hydroxylation sites is 1. The average Bonchev–Trinajstić information content (AvgIpc) is 3.67. The second-order valence-electron chi connectivity index (χ2n) is 12.9. The molecule has 3 aromatic rings. The second kappa shape index (κ2) is 11.0. The molecule has 11 nitrogen and oxygen atoms in total. The SMILES string of the molecule is CC(C)C[C@H](CO)N1C(=O)[C@@H]2[C@@H](C(=O)NCc3ccccc3)[C@]3(C)OC2(CC3C)C1C(=O)NCn1nnc2ccccc21. The van der Waals surface area contributed by atoms with E-state index in [1.54, 1.807) is 4.68 Å². The number of nitrogens with zero attached hydrogens (tertiary/aromatic N) is 4. The van der Waals surface area contributed by atoms with Gasteiger partial charge in [-0.05, 0) is 49.3 Å². The zero-order chi connectivity index (χ0) is 30.5. The summed E-state index contributed by atoms with van der Waals surface area (Å²) in [5, 5.41) is 24.9. The lowest BCUT2D eigenvalue weighted by molar-refractivity contribution is -0.151. The number of benzene rings is 2. The number of aliphatic hydroxyl groups excluding tert-OH is 1. The van der Waals surface area contributed by atoms with E-state index in [0.717, 1.165) is 11.1 Å². The highest BCUT2D eigenvalue weighted by atomic mass is 16.5. The summed E-state index contributed by atoms with van der Waals surface area (Å²) >= 11 is 0. The van der Waals surface area contributed by atoms with Crippen molar-refractivity contribution >= 4 is 28.8 Å². The minimum atomic E-state index is -1.21. The molecule has 11 heteroatoms. The van der Waals surface area contributed by atoms with Crippen LogP contribution >= 0.6 is 0 Å². The molecule has 1 aromatic heterocycles. The van der Waals surface area contributed by atoms with E-state index in [9.17, 15) is 19.5 Å². The Kier molecular flexibility index (Phi) is 7.50. The quantitative estimate of drug-likeness (QED) is 0.330. The summed E-state index contributed by atoms with van der Waals surface area (Å²) in [5.41, 5.74) is 0.275. The van der Waals surface area contributed by atoms with Crippen molar-refractivity contribution < 1.29 is 24.2 Å². The Bertz CT molecular complexity index is 1530. The lowest BCUT2D eigenvalue weighted by Gasteiger charge is -2.37. The summed E-state index contributed by atoms with van der Waals surface area (Å²) in [5.74, 6) is -2.55. The number of likely N-dealkylation sites (tertiary alicyclic amines) is 1. The van der Waals surface area contributed by atoms with Gasteiger partial charge in [-0.15, -0.1) is 5.10 Å². The molecule has 3 saturated heterocycles. The highest BCUT2D eigenvalue weighted by Gasteiger charge is 2.80. The normalized spacial score (nSPS) is 30.2. The largest absolute Gasteiger partial charge is 0.394 e. The van der Waals surface area contributed by atoms with Gasteiger partial charge in [-0.2, -0.15) is 0 Å². The molecule has 3 amide bonds. The number of hydrogen-bond acceptors (Lipinski definition) is 7. The number of amides is 3. The van der Waals surface area contributed by atoms with Crippen molar-refractivity contribution in [3.63, 3.8) is 0 Å². The van der Waals surface area contributed by atoms with E-state index < -0.39 is 41.0 Å². The van der Waals surface area contributed by atoms with Gasteiger partial charge in [0.1, 0.15) is 23.8 Å². The zero-order valence-corrected chi connectivity index (χ0v) is 25.1. The van der Waals surface area contributed by atoms with Crippen molar-refractivity contribution in [2.24, 2.45) is 23.7 Å². The van der Waals surface area contributed by atoms with E-state index >= 15 is 0 Å². The third-order valence-corrected chi connectivity index (χ3v) is 9.76. The van der Waals surface area contributed by atoms with E-state index in [4.69, 9.17) is 4.74 Å². The molecule has 2 bridgehead atoms. The summed E-state index contributed by atoms with van der Waals surface area (Å²) in [6.45, 7) is 7.99. The van der Waals surface area contributed by atoms with Gasteiger partial charge >= 0.3 is 0 Å². The first kappa shape index (κ1) is 29.3. The minimum absolute atomic E-state index is 0.0421. The van der Waals surface area contributed by atoms with Crippen LogP contribution in [0, 0.1) is 23.7 Å². The van der Waals surface area contributed by atoms with Crippen molar-refractivity contribution in [3.8, 4) is 0 Å². The first-order valence-electron chi connectivity index (χ1n) is 15.1. The average molecular weight is 589 g/mol. The highest BCUT2D eigenvalue weighted by molar-refractivity contribution is 5.99. The zero-order valence-electron chi connectivity index (χ0n) is 25.1. The summed E-state index contributed by atoms with van der Waals surface area (Å²) in [6.07, 6.45) is 0.948. The summed E-state index contributed by atoms with van der Waals surface area (Å²) in [6, 6.07) is 15.4. The molecule has 2 aromatic carbocycles. The van der Waals surface area contributed by atoms with Crippen LogP contribution in [0.1, 0.15) is 46.1 Å². The molecule has 3 fully saturated rings. The van der Waals surface area contributed by atoms with E-state index in [-0.39, 0.29) is 36.9 Å². The number of aromatic nitrogens is 3. The molecule has 0 saturated carbocycles. The van der Waals surface area contributed by atoms with Gasteiger partial charge in [-0.1, -0.05) is 68.4 Å². The standard InChI is InChI=1S/C32H40N6O5/c1-19(2)14-22(17-39)38-27(29(41)34-18-37-24-13-9-8-12-23(24)35-36-37)32-15-20(3)31(4,43-32)25(26(32)30(38)42)28(40)33-16-21-10-6-5-7-11-21/h5-13,19-20,22,25-27,39H,14-18H2,1-4H3,(H,33,40)(H,34,41)/t20?,22-,25+,26+,27?,31-,32?/m1/s1. The fraction of sp³-hybridized carbons (Fsp3) is 0.531. The van der Waals surface area contributed by atoms with Gasteiger partial charge < -0.3 is 25.4 Å². The Morgan fingerprint density at radius 2 is 1.81 bits per heavy atom. The van der Waals surface area contributed by atoms with Crippen LogP contribution in [0.2, 0.25) is 0 Å². The number of hydrogen-bond donors (Lipinski definition) is 3. The van der Waals surface area contributed by atoms with E-state index in [1.807, 2.05) is 82.3 Å². The topological polar surface area (TPSA) is 139 Å². The molecule has 1 spiro atoms. The molecule has 6 rings (SSSR count). The fourth-order valence-corrected chi connectivity index (χ4v) is 7.77. The fourth-order valence-electron chi connectivity index (χ4n) is 7.77. The molecule has 7 atom stereocenters. The van der Waals surface area contributed by atoms with Gasteiger partial charge in [-0.25, -0.2) is 4.68 Å². The number of rotatable bonds is 10. The molecule has 228 valence electrons. The third kappa shape index (κ3) is 4.69. The third-order valence-electron chi connectivity index (χ3n) is 9.76. The van der Waals surface area contributed by atoms with Crippen molar-refractivity contribution in [1.82, 2.24) is 30.5 Å². The Labute approximate surface area is 250 Å². The van der Waals surface area contributed by atoms with Crippen LogP contribution in [0.15, 0.2) is 54.6 Å². The van der Waals surface area contributed by atoms with Crippen molar-refractivity contribution in [2.45, 2.75) is 77.0 Å². The van der Waals surface area contributed by atoms with Crippen LogP contribution in [0.5, 0.6) is 0 Å². The maximum Gasteiger partial charge on any atom is 0.247 e. The molecular weight excluding hydrogens is 548 g/mol. The number of aliphatic hydroxyl groups is 1. The van der Waals surface area contributed by atoms with Crippen LogP contribution < -0.4 is 10.6 Å².